The summed E-state index contributed by atoms with van der Waals surface area (Å²) in [4.78, 5) is 96.3. The molecule has 9 N–H and O–H groups in total. The molecule has 0 radical (unpaired) electrons. The standard InChI is InChI=1S/C9H16N2O4.2C8H14N2O4/c1-3-10-8(13)5-4-7(9(14)15)11-6(2)12;2*1-5(11)10-6(8(13)14)3-4-7(12)9-2/h7H,3-5H2,1-2H3,(H,10,13)(H,11,12)(H,14,15);2*6H,3-4H2,1-2H3,(H,9,12)(H,10,11)(H,13,14). The Bertz CT molecular complexity index is 922. The Morgan fingerprint density at radius 3 is 0.953 bits per heavy atom. The Balaban J connectivity index is -0.000000559. The Kier molecular flexibility index (Phi) is 24.8. The molecule has 3 atom stereocenters. The minimum Gasteiger partial charge on any atom is -0.480 e. The molecule has 0 fully saturated rings. The molecule has 18 nitrogen and oxygen atoms in total. The van der Waals surface area contributed by atoms with Crippen molar-refractivity contribution in [3.05, 3.63) is 0 Å². The third kappa shape index (κ3) is 27.2. The first-order valence-corrected chi connectivity index (χ1v) is 13.1. The van der Waals surface area contributed by atoms with Crippen molar-refractivity contribution in [2.75, 3.05) is 20.6 Å². The number of amides is 6. The van der Waals surface area contributed by atoms with Gasteiger partial charge in [0.2, 0.25) is 35.4 Å². The second kappa shape index (κ2) is 25.0. The summed E-state index contributed by atoms with van der Waals surface area (Å²) in [5.41, 5.74) is 0. The van der Waals surface area contributed by atoms with Crippen LogP contribution in [0.25, 0.3) is 0 Å². The van der Waals surface area contributed by atoms with Gasteiger partial charge in [0.25, 0.3) is 0 Å². The molecule has 0 aliphatic heterocycles. The molecule has 3 unspecified atom stereocenters. The van der Waals surface area contributed by atoms with Crippen LogP contribution in [-0.2, 0) is 43.2 Å². The summed E-state index contributed by atoms with van der Waals surface area (Å²) >= 11 is 0. The van der Waals surface area contributed by atoms with Crippen LogP contribution in [-0.4, -0.2) is 107 Å². The number of carbonyl (C=O) groups excluding carboxylic acids is 6. The number of nitrogens with one attached hydrogen (secondary N) is 6. The molecule has 0 aromatic rings. The quantitative estimate of drug-likeness (QED) is 0.0880. The Labute approximate surface area is 249 Å². The summed E-state index contributed by atoms with van der Waals surface area (Å²) in [6.07, 6.45) is 0.524. The molecule has 0 aromatic heterocycles. The van der Waals surface area contributed by atoms with Crippen molar-refractivity contribution < 1.29 is 58.5 Å². The largest absolute Gasteiger partial charge is 0.480 e. The van der Waals surface area contributed by atoms with Gasteiger partial charge in [-0.2, -0.15) is 0 Å². The molecule has 0 aliphatic rings. The second-order valence-electron chi connectivity index (χ2n) is 8.69. The molecule has 0 saturated heterocycles. The smallest absolute Gasteiger partial charge is 0.326 e. The average molecular weight is 621 g/mol. The van der Waals surface area contributed by atoms with Gasteiger partial charge in [0.1, 0.15) is 18.1 Å². The van der Waals surface area contributed by atoms with Crippen LogP contribution in [0.5, 0.6) is 0 Å². The highest BCUT2D eigenvalue weighted by atomic mass is 16.4. The molecule has 246 valence electrons. The fourth-order valence-corrected chi connectivity index (χ4v) is 2.87. The lowest BCUT2D eigenvalue weighted by molar-refractivity contribution is -0.142. The zero-order valence-corrected chi connectivity index (χ0v) is 25.2. The van der Waals surface area contributed by atoms with Crippen molar-refractivity contribution in [3.63, 3.8) is 0 Å². The highest BCUT2D eigenvalue weighted by molar-refractivity contribution is 5.84. The zero-order chi connectivity index (χ0) is 34.1. The van der Waals surface area contributed by atoms with Crippen molar-refractivity contribution in [2.45, 2.75) is 84.3 Å². The van der Waals surface area contributed by atoms with Crippen LogP contribution in [0, 0.1) is 0 Å². The maximum absolute atomic E-state index is 11.0. The highest BCUT2D eigenvalue weighted by Crippen LogP contribution is 1.99. The van der Waals surface area contributed by atoms with Gasteiger partial charge in [-0.15, -0.1) is 0 Å². The van der Waals surface area contributed by atoms with Crippen LogP contribution < -0.4 is 31.9 Å². The van der Waals surface area contributed by atoms with Crippen molar-refractivity contribution in [1.29, 1.82) is 0 Å². The minimum atomic E-state index is -1.14. The van der Waals surface area contributed by atoms with E-state index in [0.29, 0.717) is 6.54 Å². The number of carbonyl (C=O) groups is 9. The monoisotopic (exact) mass is 620 g/mol. The topological polar surface area (TPSA) is 286 Å². The Hall–Kier alpha value is -4.77. The van der Waals surface area contributed by atoms with Crippen molar-refractivity contribution >= 4 is 53.4 Å². The van der Waals surface area contributed by atoms with E-state index in [1.807, 2.05) is 0 Å². The molecule has 0 bridgehead atoms. The number of hydrogen-bond donors (Lipinski definition) is 9. The lowest BCUT2D eigenvalue weighted by atomic mass is 10.1. The van der Waals surface area contributed by atoms with Crippen LogP contribution in [0.1, 0.15) is 66.2 Å². The molecule has 0 heterocycles. The lowest BCUT2D eigenvalue weighted by Gasteiger charge is -2.12. The lowest BCUT2D eigenvalue weighted by Crippen LogP contribution is -2.40. The summed E-state index contributed by atoms with van der Waals surface area (Å²) in [5.74, 6) is -5.37. The molecule has 0 saturated carbocycles. The Morgan fingerprint density at radius 1 is 0.512 bits per heavy atom. The minimum absolute atomic E-state index is 0.0771. The van der Waals surface area contributed by atoms with E-state index in [-0.39, 0.29) is 56.2 Å². The normalized spacial score (nSPS) is 11.6. The van der Waals surface area contributed by atoms with Gasteiger partial charge in [-0.05, 0) is 26.2 Å². The second-order valence-corrected chi connectivity index (χ2v) is 8.69. The predicted octanol–water partition coefficient (Wildman–Crippen LogP) is -2.30. The third-order valence-electron chi connectivity index (χ3n) is 4.94. The van der Waals surface area contributed by atoms with Gasteiger partial charge in [0, 0.05) is 60.7 Å². The fraction of sp³-hybridized carbons (Fsp3) is 0.640. The van der Waals surface area contributed by atoms with E-state index in [1.54, 1.807) is 6.92 Å². The van der Waals surface area contributed by atoms with E-state index in [4.69, 9.17) is 15.3 Å². The summed E-state index contributed by atoms with van der Waals surface area (Å²) in [6.45, 7) is 5.99. The number of carboxylic acids is 3. The summed E-state index contributed by atoms with van der Waals surface area (Å²) < 4.78 is 0. The predicted molar refractivity (Wildman–Crippen MR) is 150 cm³/mol. The van der Waals surface area contributed by atoms with Crippen molar-refractivity contribution in [2.24, 2.45) is 0 Å². The summed E-state index contributed by atoms with van der Waals surface area (Å²) in [7, 11) is 2.94. The van der Waals surface area contributed by atoms with E-state index >= 15 is 0 Å². The maximum atomic E-state index is 11.0. The van der Waals surface area contributed by atoms with Gasteiger partial charge in [0.05, 0.1) is 0 Å². The molecular weight excluding hydrogens is 576 g/mol. The van der Waals surface area contributed by atoms with Crippen LogP contribution in [0.2, 0.25) is 0 Å². The highest BCUT2D eigenvalue weighted by Gasteiger charge is 2.20. The molecule has 0 rings (SSSR count). The summed E-state index contributed by atoms with van der Waals surface area (Å²) in [6, 6.07) is -2.99. The molecule has 0 aliphatic carbocycles. The van der Waals surface area contributed by atoms with E-state index < -0.39 is 53.8 Å². The molecule has 43 heavy (non-hydrogen) atoms. The first-order valence-electron chi connectivity index (χ1n) is 13.1. The number of rotatable bonds is 16. The fourth-order valence-electron chi connectivity index (χ4n) is 2.87. The first kappa shape index (κ1) is 42.7. The third-order valence-corrected chi connectivity index (χ3v) is 4.94. The molecule has 18 heteroatoms. The van der Waals surface area contributed by atoms with Gasteiger partial charge in [-0.3, -0.25) is 28.8 Å². The SMILES string of the molecule is CCNC(=O)CCC(NC(C)=O)C(=O)O.CNC(=O)CCC(NC(C)=O)C(=O)O.CNC(=O)CCC(NC(C)=O)C(=O)O. The van der Waals surface area contributed by atoms with Crippen molar-refractivity contribution in [3.8, 4) is 0 Å². The van der Waals surface area contributed by atoms with Crippen molar-refractivity contribution in [1.82, 2.24) is 31.9 Å². The first-order chi connectivity index (χ1) is 19.9. The van der Waals surface area contributed by atoms with Gasteiger partial charge < -0.3 is 47.2 Å². The van der Waals surface area contributed by atoms with Crippen LogP contribution in [0.3, 0.4) is 0 Å². The Morgan fingerprint density at radius 2 is 0.767 bits per heavy atom. The van der Waals surface area contributed by atoms with Crippen LogP contribution in [0.4, 0.5) is 0 Å². The number of aliphatic carboxylic acids is 3. The molecule has 6 amide bonds. The van der Waals surface area contributed by atoms with Gasteiger partial charge in [0.15, 0.2) is 0 Å². The van der Waals surface area contributed by atoms with E-state index in [1.165, 1.54) is 34.9 Å². The number of carboxylic acid groups (broad SMARTS) is 3. The number of hydrogen-bond acceptors (Lipinski definition) is 9. The van der Waals surface area contributed by atoms with Gasteiger partial charge in [-0.25, -0.2) is 14.4 Å². The van der Waals surface area contributed by atoms with Gasteiger partial charge in [-0.1, -0.05) is 0 Å². The average Bonchev–Trinajstić information content (AvgIpc) is 2.90. The molecular formula is C25H44N6O12. The van der Waals surface area contributed by atoms with E-state index in [2.05, 4.69) is 31.9 Å². The molecule has 0 aromatic carbocycles. The maximum Gasteiger partial charge on any atom is 0.326 e. The summed E-state index contributed by atoms with van der Waals surface area (Å²) in [5, 5.41) is 40.1. The van der Waals surface area contributed by atoms with E-state index in [0.717, 1.165) is 0 Å². The van der Waals surface area contributed by atoms with Gasteiger partial charge >= 0.3 is 17.9 Å². The van der Waals surface area contributed by atoms with Crippen LogP contribution in [0.15, 0.2) is 0 Å². The van der Waals surface area contributed by atoms with Crippen LogP contribution >= 0.6 is 0 Å². The van der Waals surface area contributed by atoms with E-state index in [9.17, 15) is 43.2 Å². The zero-order valence-electron chi connectivity index (χ0n) is 25.2. The molecule has 0 spiro atoms.